The highest BCUT2D eigenvalue weighted by molar-refractivity contribution is 5.48. The molecule has 2 aromatic rings. The molecule has 3 N–H and O–H groups in total. The van der Waals surface area contributed by atoms with Gasteiger partial charge in [0.1, 0.15) is 0 Å². The van der Waals surface area contributed by atoms with E-state index in [1.54, 1.807) is 14.2 Å². The van der Waals surface area contributed by atoms with E-state index in [1.165, 1.54) is 5.56 Å². The SMILES string of the molecule is COc1ccc(CCN[C@@H](C)c2ccccc2N)cc1OC. The zero-order valence-electron chi connectivity index (χ0n) is 13.4. The van der Waals surface area contributed by atoms with Crippen molar-refractivity contribution in [1.29, 1.82) is 0 Å². The Labute approximate surface area is 132 Å². The summed E-state index contributed by atoms with van der Waals surface area (Å²) in [6.07, 6.45) is 0.914. The molecule has 0 saturated carbocycles. The van der Waals surface area contributed by atoms with Crippen LogP contribution in [0.3, 0.4) is 0 Å². The number of methoxy groups -OCH3 is 2. The molecule has 0 aliphatic rings. The fourth-order valence-electron chi connectivity index (χ4n) is 2.48. The first-order chi connectivity index (χ1) is 10.7. The van der Waals surface area contributed by atoms with Crippen LogP contribution in [-0.2, 0) is 6.42 Å². The van der Waals surface area contributed by atoms with Gasteiger partial charge in [-0.05, 0) is 49.2 Å². The Bertz CT molecular complexity index is 614. The lowest BCUT2D eigenvalue weighted by molar-refractivity contribution is 0.354. The molecule has 0 unspecified atom stereocenters. The molecule has 0 bridgehead atoms. The Morgan fingerprint density at radius 1 is 1.05 bits per heavy atom. The van der Waals surface area contributed by atoms with E-state index in [1.807, 2.05) is 30.3 Å². The fraction of sp³-hybridized carbons (Fsp3) is 0.333. The normalized spacial score (nSPS) is 12.0. The number of nitrogen functional groups attached to an aromatic ring is 1. The molecular formula is C18H24N2O2. The number of rotatable bonds is 7. The maximum atomic E-state index is 6.00. The largest absolute Gasteiger partial charge is 0.493 e. The van der Waals surface area contributed by atoms with E-state index in [2.05, 4.69) is 24.4 Å². The highest BCUT2D eigenvalue weighted by Crippen LogP contribution is 2.27. The summed E-state index contributed by atoms with van der Waals surface area (Å²) in [4.78, 5) is 0. The molecule has 2 aromatic carbocycles. The maximum absolute atomic E-state index is 6.00. The summed E-state index contributed by atoms with van der Waals surface area (Å²) < 4.78 is 10.6. The van der Waals surface area contributed by atoms with E-state index in [0.29, 0.717) is 0 Å². The number of ether oxygens (including phenoxy) is 2. The number of hydrogen-bond donors (Lipinski definition) is 2. The van der Waals surface area contributed by atoms with E-state index in [4.69, 9.17) is 15.2 Å². The molecule has 0 aliphatic heterocycles. The van der Waals surface area contributed by atoms with Crippen molar-refractivity contribution in [2.24, 2.45) is 0 Å². The zero-order chi connectivity index (χ0) is 15.9. The summed E-state index contributed by atoms with van der Waals surface area (Å²) in [6.45, 7) is 2.99. The van der Waals surface area contributed by atoms with Crippen LogP contribution >= 0.6 is 0 Å². The Kier molecular flexibility index (Phi) is 5.67. The molecule has 22 heavy (non-hydrogen) atoms. The average Bonchev–Trinajstić information content (AvgIpc) is 2.55. The summed E-state index contributed by atoms with van der Waals surface area (Å²) in [5.74, 6) is 1.52. The third kappa shape index (κ3) is 3.92. The van der Waals surface area contributed by atoms with Gasteiger partial charge < -0.3 is 20.5 Å². The lowest BCUT2D eigenvalue weighted by Crippen LogP contribution is -2.22. The van der Waals surface area contributed by atoms with Gasteiger partial charge in [0.15, 0.2) is 11.5 Å². The van der Waals surface area contributed by atoms with E-state index >= 15 is 0 Å². The van der Waals surface area contributed by atoms with E-state index in [9.17, 15) is 0 Å². The lowest BCUT2D eigenvalue weighted by atomic mass is 10.1. The first-order valence-corrected chi connectivity index (χ1v) is 7.44. The van der Waals surface area contributed by atoms with E-state index in [-0.39, 0.29) is 6.04 Å². The summed E-state index contributed by atoms with van der Waals surface area (Å²) in [5.41, 5.74) is 9.17. The Hall–Kier alpha value is -2.20. The van der Waals surface area contributed by atoms with Crippen molar-refractivity contribution in [3.63, 3.8) is 0 Å². The summed E-state index contributed by atoms with van der Waals surface area (Å²) >= 11 is 0. The number of nitrogens with two attached hydrogens (primary N) is 1. The van der Waals surface area contributed by atoms with Crippen LogP contribution < -0.4 is 20.5 Å². The predicted octanol–water partition coefficient (Wildman–Crippen LogP) is 3.18. The smallest absolute Gasteiger partial charge is 0.160 e. The molecule has 0 heterocycles. The van der Waals surface area contributed by atoms with Gasteiger partial charge in [0, 0.05) is 11.7 Å². The van der Waals surface area contributed by atoms with Crippen LogP contribution in [0.1, 0.15) is 24.1 Å². The number of para-hydroxylation sites is 1. The minimum atomic E-state index is 0.223. The van der Waals surface area contributed by atoms with Crippen LogP contribution in [0.25, 0.3) is 0 Å². The van der Waals surface area contributed by atoms with Crippen LogP contribution in [0, 0.1) is 0 Å². The minimum Gasteiger partial charge on any atom is -0.493 e. The Morgan fingerprint density at radius 2 is 1.77 bits per heavy atom. The first-order valence-electron chi connectivity index (χ1n) is 7.44. The minimum absolute atomic E-state index is 0.223. The van der Waals surface area contributed by atoms with Gasteiger partial charge in [-0.3, -0.25) is 0 Å². The molecule has 118 valence electrons. The third-order valence-electron chi connectivity index (χ3n) is 3.77. The molecule has 0 spiro atoms. The molecule has 0 aliphatic carbocycles. The van der Waals surface area contributed by atoms with Crippen molar-refractivity contribution in [1.82, 2.24) is 5.32 Å². The first kappa shape index (κ1) is 16.2. The quantitative estimate of drug-likeness (QED) is 0.771. The van der Waals surface area contributed by atoms with Gasteiger partial charge in [0.05, 0.1) is 14.2 Å². The van der Waals surface area contributed by atoms with Crippen molar-refractivity contribution in [3.8, 4) is 11.5 Å². The van der Waals surface area contributed by atoms with E-state index in [0.717, 1.165) is 35.7 Å². The molecule has 4 nitrogen and oxygen atoms in total. The van der Waals surface area contributed by atoms with Gasteiger partial charge in [-0.25, -0.2) is 0 Å². The average molecular weight is 300 g/mol. The number of nitrogens with one attached hydrogen (secondary N) is 1. The predicted molar refractivity (Wildman–Crippen MR) is 90.5 cm³/mol. The van der Waals surface area contributed by atoms with Gasteiger partial charge in [0.25, 0.3) is 0 Å². The van der Waals surface area contributed by atoms with Gasteiger partial charge in [0.2, 0.25) is 0 Å². The molecule has 4 heteroatoms. The lowest BCUT2D eigenvalue weighted by Gasteiger charge is -2.16. The highest BCUT2D eigenvalue weighted by Gasteiger charge is 2.08. The van der Waals surface area contributed by atoms with Crippen LogP contribution in [0.2, 0.25) is 0 Å². The topological polar surface area (TPSA) is 56.5 Å². The molecule has 0 amide bonds. The van der Waals surface area contributed by atoms with Crippen LogP contribution in [0.4, 0.5) is 5.69 Å². The van der Waals surface area contributed by atoms with E-state index < -0.39 is 0 Å². The number of anilines is 1. The van der Waals surface area contributed by atoms with Gasteiger partial charge in [-0.15, -0.1) is 0 Å². The van der Waals surface area contributed by atoms with Crippen LogP contribution in [0.5, 0.6) is 11.5 Å². The second-order valence-electron chi connectivity index (χ2n) is 5.24. The Balaban J connectivity index is 1.92. The van der Waals surface area contributed by atoms with Crippen molar-refractivity contribution in [3.05, 3.63) is 53.6 Å². The standard InChI is InChI=1S/C18H24N2O2/c1-13(15-6-4-5-7-16(15)19)20-11-10-14-8-9-17(21-2)18(12-14)22-3/h4-9,12-13,20H,10-11,19H2,1-3H3/t13-/m0/s1. The molecule has 0 saturated heterocycles. The van der Waals surface area contributed by atoms with Gasteiger partial charge in [-0.2, -0.15) is 0 Å². The van der Waals surface area contributed by atoms with Crippen molar-refractivity contribution < 1.29 is 9.47 Å². The Morgan fingerprint density at radius 3 is 2.45 bits per heavy atom. The molecule has 0 radical (unpaired) electrons. The molecule has 1 atom stereocenters. The van der Waals surface area contributed by atoms with Crippen molar-refractivity contribution in [2.45, 2.75) is 19.4 Å². The molecule has 0 aromatic heterocycles. The number of benzene rings is 2. The highest BCUT2D eigenvalue weighted by atomic mass is 16.5. The van der Waals surface area contributed by atoms with Crippen molar-refractivity contribution in [2.75, 3.05) is 26.5 Å². The monoisotopic (exact) mass is 300 g/mol. The molecule has 2 rings (SSSR count). The van der Waals surface area contributed by atoms with Crippen molar-refractivity contribution >= 4 is 5.69 Å². The van der Waals surface area contributed by atoms with Crippen LogP contribution in [0.15, 0.2) is 42.5 Å². The summed E-state index contributed by atoms with van der Waals surface area (Å²) in [5, 5.41) is 3.50. The van der Waals surface area contributed by atoms with Crippen LogP contribution in [-0.4, -0.2) is 20.8 Å². The zero-order valence-corrected chi connectivity index (χ0v) is 13.4. The van der Waals surface area contributed by atoms with Gasteiger partial charge >= 0.3 is 0 Å². The second-order valence-corrected chi connectivity index (χ2v) is 5.24. The third-order valence-corrected chi connectivity index (χ3v) is 3.77. The maximum Gasteiger partial charge on any atom is 0.160 e. The summed E-state index contributed by atoms with van der Waals surface area (Å²) in [6, 6.07) is 14.2. The second kappa shape index (κ2) is 7.71. The molecule has 0 fully saturated rings. The van der Waals surface area contributed by atoms with Gasteiger partial charge in [-0.1, -0.05) is 24.3 Å². The molecular weight excluding hydrogens is 276 g/mol. The fourth-order valence-corrected chi connectivity index (χ4v) is 2.48. The number of hydrogen-bond acceptors (Lipinski definition) is 4. The summed E-state index contributed by atoms with van der Waals surface area (Å²) in [7, 11) is 3.30.